The first kappa shape index (κ1) is 19.6. The summed E-state index contributed by atoms with van der Waals surface area (Å²) in [6.45, 7) is 3.41. The summed E-state index contributed by atoms with van der Waals surface area (Å²) in [5.74, 6) is -0.577. The molecule has 1 aliphatic rings. The fourth-order valence-corrected chi connectivity index (χ4v) is 3.33. The quantitative estimate of drug-likeness (QED) is 0.692. The van der Waals surface area contributed by atoms with Crippen LogP contribution in [0.3, 0.4) is 0 Å². The molecule has 3 nitrogen and oxygen atoms in total. The minimum atomic E-state index is -0.615. The summed E-state index contributed by atoms with van der Waals surface area (Å²) in [5.41, 5.74) is 3.35. The Morgan fingerprint density at radius 1 is 1.11 bits per heavy atom. The maximum atomic E-state index is 13.7. The molecule has 0 bridgehead atoms. The Morgan fingerprint density at radius 3 is 2.48 bits per heavy atom. The van der Waals surface area contributed by atoms with Crippen LogP contribution in [0.2, 0.25) is 0 Å². The molecule has 2 aromatic rings. The van der Waals surface area contributed by atoms with Gasteiger partial charge in [0.1, 0.15) is 24.0 Å². The Bertz CT molecular complexity index is 878. The van der Waals surface area contributed by atoms with Gasteiger partial charge in [-0.15, -0.1) is 0 Å². The van der Waals surface area contributed by atoms with Gasteiger partial charge in [0.2, 0.25) is 0 Å². The van der Waals surface area contributed by atoms with Crippen molar-refractivity contribution in [2.75, 3.05) is 6.54 Å². The number of rotatable bonds is 6. The van der Waals surface area contributed by atoms with Gasteiger partial charge in [-0.25, -0.2) is 8.78 Å². The number of ether oxygens (including phenoxy) is 1. The van der Waals surface area contributed by atoms with Gasteiger partial charge in [-0.1, -0.05) is 24.3 Å². The van der Waals surface area contributed by atoms with Crippen LogP contribution in [0.4, 0.5) is 8.78 Å². The van der Waals surface area contributed by atoms with Gasteiger partial charge in [-0.3, -0.25) is 0 Å². The predicted molar refractivity (Wildman–Crippen MR) is 104 cm³/mol. The van der Waals surface area contributed by atoms with Crippen molar-refractivity contribution in [3.63, 3.8) is 0 Å². The number of halogens is 3. The van der Waals surface area contributed by atoms with Crippen molar-refractivity contribution in [2.45, 2.75) is 26.7 Å². The van der Waals surface area contributed by atoms with Gasteiger partial charge < -0.3 is 14.7 Å². The van der Waals surface area contributed by atoms with Crippen molar-refractivity contribution in [2.24, 2.45) is 0 Å². The van der Waals surface area contributed by atoms with E-state index in [-0.39, 0.29) is 13.2 Å². The van der Waals surface area contributed by atoms with Crippen LogP contribution in [0.25, 0.3) is 0 Å². The van der Waals surface area contributed by atoms with Crippen molar-refractivity contribution < 1.29 is 18.6 Å². The van der Waals surface area contributed by atoms with E-state index in [0.29, 0.717) is 17.9 Å². The van der Waals surface area contributed by atoms with E-state index in [1.807, 2.05) is 37.3 Å². The number of benzene rings is 2. The van der Waals surface area contributed by atoms with Gasteiger partial charge in [-0.2, -0.15) is 0 Å². The van der Waals surface area contributed by atoms with Crippen LogP contribution < -0.4 is 0 Å². The second kappa shape index (κ2) is 8.67. The molecule has 0 radical (unpaired) electrons. The van der Waals surface area contributed by atoms with Crippen molar-refractivity contribution in [3.05, 3.63) is 92.8 Å². The van der Waals surface area contributed by atoms with Crippen LogP contribution in [-0.2, 0) is 24.5 Å². The zero-order valence-corrected chi connectivity index (χ0v) is 16.5. The fourth-order valence-electron chi connectivity index (χ4n) is 2.79. The predicted octanol–water partition coefficient (Wildman–Crippen LogP) is 5.00. The van der Waals surface area contributed by atoms with E-state index in [9.17, 15) is 8.78 Å². The number of aliphatic hydroxyl groups is 1. The van der Waals surface area contributed by atoms with Crippen molar-refractivity contribution in [3.8, 4) is 0 Å². The SMILES string of the molecule is CC1=CC(OCc2ccc(F)cc2F)=C(Br)CN1Cc1ccc(CO)cc1. The lowest BCUT2D eigenvalue weighted by atomic mass is 10.1. The molecule has 0 fully saturated rings. The molecule has 0 aliphatic carbocycles. The number of hydrogen-bond donors (Lipinski definition) is 1. The van der Waals surface area contributed by atoms with Crippen LogP contribution >= 0.6 is 15.9 Å². The molecule has 0 spiro atoms. The average molecular weight is 436 g/mol. The van der Waals surface area contributed by atoms with Gasteiger partial charge in [0, 0.05) is 23.9 Å². The highest BCUT2D eigenvalue weighted by Crippen LogP contribution is 2.28. The molecule has 3 rings (SSSR count). The molecule has 0 atom stereocenters. The highest BCUT2D eigenvalue weighted by Gasteiger charge is 2.18. The molecular weight excluding hydrogens is 416 g/mol. The summed E-state index contributed by atoms with van der Waals surface area (Å²) in [5, 5.41) is 9.13. The van der Waals surface area contributed by atoms with E-state index < -0.39 is 11.6 Å². The minimum Gasteiger partial charge on any atom is -0.488 e. The summed E-state index contributed by atoms with van der Waals surface area (Å²) in [6.07, 6.45) is 1.90. The van der Waals surface area contributed by atoms with Crippen molar-refractivity contribution in [1.29, 1.82) is 0 Å². The third-order valence-electron chi connectivity index (χ3n) is 4.41. The molecule has 1 aliphatic heterocycles. The number of allylic oxidation sites excluding steroid dienone is 2. The molecule has 1 N–H and O–H groups in total. The van der Waals surface area contributed by atoms with Crippen LogP contribution in [0.5, 0.6) is 0 Å². The van der Waals surface area contributed by atoms with Gasteiger partial charge in [-0.05, 0) is 52.2 Å². The second-order valence-electron chi connectivity index (χ2n) is 6.41. The Kier molecular flexibility index (Phi) is 6.29. The van der Waals surface area contributed by atoms with Crippen LogP contribution in [-0.4, -0.2) is 16.6 Å². The average Bonchev–Trinajstić information content (AvgIpc) is 2.65. The van der Waals surface area contributed by atoms with E-state index in [4.69, 9.17) is 9.84 Å². The van der Waals surface area contributed by atoms with Gasteiger partial charge in [0.15, 0.2) is 0 Å². The molecule has 27 heavy (non-hydrogen) atoms. The number of aliphatic hydroxyl groups excluding tert-OH is 1. The molecule has 2 aromatic carbocycles. The Balaban J connectivity index is 1.64. The molecular formula is C21H20BrF2NO2. The van der Waals surface area contributed by atoms with Crippen LogP contribution in [0.15, 0.2) is 64.5 Å². The van der Waals surface area contributed by atoms with Crippen molar-refractivity contribution in [1.82, 2.24) is 4.90 Å². The molecule has 0 unspecified atom stereocenters. The fraction of sp³-hybridized carbons (Fsp3) is 0.238. The maximum Gasteiger partial charge on any atom is 0.133 e. The normalized spacial score (nSPS) is 14.4. The van der Waals surface area contributed by atoms with Crippen molar-refractivity contribution >= 4 is 15.9 Å². The monoisotopic (exact) mass is 435 g/mol. The van der Waals surface area contributed by atoms with E-state index in [2.05, 4.69) is 20.8 Å². The lowest BCUT2D eigenvalue weighted by Crippen LogP contribution is -2.26. The van der Waals surface area contributed by atoms with E-state index >= 15 is 0 Å². The minimum absolute atomic E-state index is 0.0307. The first-order chi connectivity index (χ1) is 13.0. The highest BCUT2D eigenvalue weighted by atomic mass is 79.9. The van der Waals surface area contributed by atoms with Crippen LogP contribution in [0.1, 0.15) is 23.6 Å². The summed E-state index contributed by atoms with van der Waals surface area (Å²) in [7, 11) is 0. The molecule has 0 saturated heterocycles. The molecule has 6 heteroatoms. The third kappa shape index (κ3) is 4.96. The molecule has 0 amide bonds. The first-order valence-electron chi connectivity index (χ1n) is 8.53. The third-order valence-corrected chi connectivity index (χ3v) is 5.05. The smallest absolute Gasteiger partial charge is 0.133 e. The molecule has 142 valence electrons. The number of hydrogen-bond acceptors (Lipinski definition) is 3. The standard InChI is InChI=1S/C21H20BrF2NO2/c1-14-8-21(27-13-17-6-7-18(23)9-20(17)24)19(22)11-25(14)10-15-2-4-16(12-26)5-3-15/h2-9,26H,10-13H2,1H3. The van der Waals surface area contributed by atoms with Gasteiger partial charge in [0.25, 0.3) is 0 Å². The Hall–Kier alpha value is -2.18. The largest absolute Gasteiger partial charge is 0.488 e. The lowest BCUT2D eigenvalue weighted by Gasteiger charge is -2.30. The van der Waals surface area contributed by atoms with E-state index in [1.165, 1.54) is 12.1 Å². The summed E-state index contributed by atoms with van der Waals surface area (Å²) in [4.78, 5) is 2.18. The lowest BCUT2D eigenvalue weighted by molar-refractivity contribution is 0.197. The highest BCUT2D eigenvalue weighted by molar-refractivity contribution is 9.11. The summed E-state index contributed by atoms with van der Waals surface area (Å²) < 4.78 is 33.3. The summed E-state index contributed by atoms with van der Waals surface area (Å²) >= 11 is 3.54. The Morgan fingerprint density at radius 2 is 1.81 bits per heavy atom. The zero-order chi connectivity index (χ0) is 19.4. The van der Waals surface area contributed by atoms with E-state index in [0.717, 1.165) is 33.9 Å². The van der Waals surface area contributed by atoms with Crippen LogP contribution in [0, 0.1) is 11.6 Å². The topological polar surface area (TPSA) is 32.7 Å². The zero-order valence-electron chi connectivity index (χ0n) is 14.9. The van der Waals surface area contributed by atoms with Gasteiger partial charge in [0.05, 0.1) is 17.6 Å². The Labute approximate surface area is 165 Å². The number of nitrogens with zero attached hydrogens (tertiary/aromatic N) is 1. The molecule has 0 saturated carbocycles. The summed E-state index contributed by atoms with van der Waals surface area (Å²) in [6, 6.07) is 11.3. The molecule has 1 heterocycles. The van der Waals surface area contributed by atoms with Gasteiger partial charge >= 0.3 is 0 Å². The maximum absolute atomic E-state index is 13.7. The first-order valence-corrected chi connectivity index (χ1v) is 9.33. The van der Waals surface area contributed by atoms with E-state index in [1.54, 1.807) is 0 Å². The molecule has 0 aromatic heterocycles. The second-order valence-corrected chi connectivity index (χ2v) is 7.37.